The van der Waals surface area contributed by atoms with Crippen molar-refractivity contribution in [1.82, 2.24) is 0 Å². The first-order valence-corrected chi connectivity index (χ1v) is 8.96. The molecule has 0 spiro atoms. The minimum atomic E-state index is -4.57. The SMILES string of the molecule is CC[NH+](CC(=O)Nc1cccc(OC)c1)CC(=O)Nc1ccccc1C(F)(F)F. The Kier molecular flexibility index (Phi) is 7.60. The average molecular weight is 410 g/mol. The van der Waals surface area contributed by atoms with Crippen molar-refractivity contribution < 1.29 is 32.4 Å². The van der Waals surface area contributed by atoms with E-state index in [0.717, 1.165) is 6.07 Å². The summed E-state index contributed by atoms with van der Waals surface area (Å²) in [6, 6.07) is 11.6. The van der Waals surface area contributed by atoms with Crippen LogP contribution in [-0.2, 0) is 15.8 Å². The van der Waals surface area contributed by atoms with Gasteiger partial charge in [-0.1, -0.05) is 18.2 Å². The van der Waals surface area contributed by atoms with Crippen molar-refractivity contribution in [2.45, 2.75) is 13.1 Å². The van der Waals surface area contributed by atoms with Crippen molar-refractivity contribution in [1.29, 1.82) is 0 Å². The Labute approximate surface area is 166 Å². The van der Waals surface area contributed by atoms with Gasteiger partial charge in [-0.25, -0.2) is 0 Å². The number of likely N-dealkylation sites (N-methyl/N-ethyl adjacent to an activating group) is 1. The highest BCUT2D eigenvalue weighted by molar-refractivity contribution is 5.93. The number of hydrogen-bond acceptors (Lipinski definition) is 3. The molecule has 0 heterocycles. The van der Waals surface area contributed by atoms with Crippen LogP contribution in [0.25, 0.3) is 0 Å². The van der Waals surface area contributed by atoms with Crippen LogP contribution in [0, 0.1) is 0 Å². The third-order valence-electron chi connectivity index (χ3n) is 4.18. The van der Waals surface area contributed by atoms with Crippen LogP contribution in [0.5, 0.6) is 5.75 Å². The number of halogens is 3. The number of rotatable bonds is 8. The van der Waals surface area contributed by atoms with E-state index in [2.05, 4.69) is 10.6 Å². The number of hydrogen-bond donors (Lipinski definition) is 3. The Bertz CT molecular complexity index is 856. The summed E-state index contributed by atoms with van der Waals surface area (Å²) in [5, 5.41) is 5.01. The summed E-state index contributed by atoms with van der Waals surface area (Å²) in [7, 11) is 1.51. The Morgan fingerprint density at radius 1 is 1.00 bits per heavy atom. The minimum Gasteiger partial charge on any atom is -0.497 e. The Morgan fingerprint density at radius 2 is 1.66 bits per heavy atom. The molecule has 6 nitrogen and oxygen atoms in total. The monoisotopic (exact) mass is 410 g/mol. The fraction of sp³-hybridized carbons (Fsp3) is 0.300. The van der Waals surface area contributed by atoms with Crippen LogP contribution >= 0.6 is 0 Å². The molecule has 3 N–H and O–H groups in total. The molecule has 0 radical (unpaired) electrons. The van der Waals surface area contributed by atoms with Crippen LogP contribution in [0.15, 0.2) is 48.5 Å². The fourth-order valence-electron chi connectivity index (χ4n) is 2.71. The molecule has 0 saturated heterocycles. The van der Waals surface area contributed by atoms with Crippen LogP contribution in [0.1, 0.15) is 12.5 Å². The van der Waals surface area contributed by atoms with Gasteiger partial charge in [-0.2, -0.15) is 13.2 Å². The van der Waals surface area contributed by atoms with Gasteiger partial charge >= 0.3 is 6.18 Å². The Hall–Kier alpha value is -3.07. The van der Waals surface area contributed by atoms with Crippen LogP contribution in [-0.4, -0.2) is 38.6 Å². The first-order chi connectivity index (χ1) is 13.7. The van der Waals surface area contributed by atoms with E-state index in [0.29, 0.717) is 22.9 Å². The highest BCUT2D eigenvalue weighted by Gasteiger charge is 2.33. The van der Waals surface area contributed by atoms with E-state index in [1.807, 2.05) is 0 Å². The van der Waals surface area contributed by atoms with Crippen molar-refractivity contribution in [3.63, 3.8) is 0 Å². The van der Waals surface area contributed by atoms with Gasteiger partial charge in [0.05, 0.1) is 24.9 Å². The normalized spacial score (nSPS) is 12.2. The van der Waals surface area contributed by atoms with Crippen molar-refractivity contribution in [3.8, 4) is 5.75 Å². The van der Waals surface area contributed by atoms with Gasteiger partial charge < -0.3 is 20.3 Å². The lowest BCUT2D eigenvalue weighted by atomic mass is 10.1. The Morgan fingerprint density at radius 3 is 2.28 bits per heavy atom. The molecule has 1 atom stereocenters. The van der Waals surface area contributed by atoms with Gasteiger partial charge in [0.15, 0.2) is 13.1 Å². The lowest BCUT2D eigenvalue weighted by molar-refractivity contribution is -0.881. The number of carbonyl (C=O) groups excluding carboxylic acids is 2. The molecule has 0 aromatic heterocycles. The second-order valence-electron chi connectivity index (χ2n) is 6.33. The van der Waals surface area contributed by atoms with Crippen molar-refractivity contribution in [2.75, 3.05) is 37.4 Å². The van der Waals surface area contributed by atoms with Gasteiger partial charge in [-0.15, -0.1) is 0 Å². The van der Waals surface area contributed by atoms with Crippen LogP contribution in [0.2, 0.25) is 0 Å². The number of carbonyl (C=O) groups is 2. The second kappa shape index (κ2) is 9.92. The summed E-state index contributed by atoms with van der Waals surface area (Å²) in [5.74, 6) is -0.337. The molecule has 2 amide bonds. The molecular formula is C20H23F3N3O3+. The van der Waals surface area contributed by atoms with Gasteiger partial charge in [0.1, 0.15) is 5.75 Å². The number of quaternary nitrogens is 1. The molecule has 9 heteroatoms. The van der Waals surface area contributed by atoms with Crippen LogP contribution < -0.4 is 20.3 Å². The van der Waals surface area contributed by atoms with Gasteiger partial charge in [0.25, 0.3) is 11.8 Å². The Balaban J connectivity index is 1.95. The summed E-state index contributed by atoms with van der Waals surface area (Å²) in [6.07, 6.45) is -4.57. The van der Waals surface area contributed by atoms with E-state index in [1.165, 1.54) is 25.3 Å². The number of benzene rings is 2. The lowest BCUT2D eigenvalue weighted by Gasteiger charge is -2.18. The third-order valence-corrected chi connectivity index (χ3v) is 4.18. The zero-order valence-electron chi connectivity index (χ0n) is 16.1. The van der Waals surface area contributed by atoms with Gasteiger partial charge in [0, 0.05) is 11.8 Å². The molecule has 0 aliphatic rings. The quantitative estimate of drug-likeness (QED) is 0.625. The minimum absolute atomic E-state index is 0.0119. The number of nitrogens with one attached hydrogen (secondary N) is 3. The fourth-order valence-corrected chi connectivity index (χ4v) is 2.71. The lowest BCUT2D eigenvalue weighted by Crippen LogP contribution is -3.13. The van der Waals surface area contributed by atoms with Crippen molar-refractivity contribution in [2.24, 2.45) is 0 Å². The molecule has 29 heavy (non-hydrogen) atoms. The highest BCUT2D eigenvalue weighted by Crippen LogP contribution is 2.34. The first-order valence-electron chi connectivity index (χ1n) is 8.96. The highest BCUT2D eigenvalue weighted by atomic mass is 19.4. The maximum Gasteiger partial charge on any atom is 0.418 e. The zero-order valence-corrected chi connectivity index (χ0v) is 16.1. The van der Waals surface area contributed by atoms with E-state index < -0.39 is 17.6 Å². The predicted molar refractivity (Wildman–Crippen MR) is 103 cm³/mol. The number of anilines is 2. The molecule has 2 aromatic carbocycles. The molecule has 0 bridgehead atoms. The first kappa shape index (κ1) is 22.2. The molecule has 156 valence electrons. The molecule has 2 aromatic rings. The van der Waals surface area contributed by atoms with E-state index in [-0.39, 0.29) is 24.7 Å². The number of ether oxygens (including phenoxy) is 1. The van der Waals surface area contributed by atoms with E-state index in [4.69, 9.17) is 4.74 Å². The van der Waals surface area contributed by atoms with Gasteiger partial charge in [-0.3, -0.25) is 9.59 Å². The second-order valence-corrected chi connectivity index (χ2v) is 6.33. The van der Waals surface area contributed by atoms with Crippen LogP contribution in [0.3, 0.4) is 0 Å². The third kappa shape index (κ3) is 6.79. The molecule has 0 aliphatic carbocycles. The predicted octanol–water partition coefficient (Wildman–Crippen LogP) is 2.20. The number of amides is 2. The van der Waals surface area contributed by atoms with Crippen molar-refractivity contribution in [3.05, 3.63) is 54.1 Å². The molecule has 0 aliphatic heterocycles. The number of alkyl halides is 3. The average Bonchev–Trinajstić information content (AvgIpc) is 2.67. The van der Waals surface area contributed by atoms with Crippen molar-refractivity contribution >= 4 is 23.2 Å². The molecule has 2 rings (SSSR count). The summed E-state index contributed by atoms with van der Waals surface area (Å²) in [6.45, 7) is 2.07. The zero-order chi connectivity index (χ0) is 21.4. The largest absolute Gasteiger partial charge is 0.497 e. The topological polar surface area (TPSA) is 71.9 Å². The summed E-state index contributed by atoms with van der Waals surface area (Å²) in [4.78, 5) is 25.1. The van der Waals surface area contributed by atoms with Gasteiger partial charge in [0.2, 0.25) is 0 Å². The summed E-state index contributed by atoms with van der Waals surface area (Å²) < 4.78 is 44.2. The molecule has 1 unspecified atom stereocenters. The molecule has 0 fully saturated rings. The summed E-state index contributed by atoms with van der Waals surface area (Å²) >= 11 is 0. The maximum absolute atomic E-state index is 13.0. The van der Waals surface area contributed by atoms with Gasteiger partial charge in [-0.05, 0) is 31.2 Å². The smallest absolute Gasteiger partial charge is 0.418 e. The number of methoxy groups -OCH3 is 1. The standard InChI is InChI=1S/C20H22F3N3O3/c1-3-26(12-18(27)24-14-7-6-8-15(11-14)29-2)13-19(28)25-17-10-5-4-9-16(17)20(21,22)23/h4-11H,3,12-13H2,1-2H3,(H,24,27)(H,25,28)/p+1. The summed E-state index contributed by atoms with van der Waals surface area (Å²) in [5.41, 5.74) is -0.670. The maximum atomic E-state index is 13.0. The van der Waals surface area contributed by atoms with Crippen LogP contribution in [0.4, 0.5) is 24.5 Å². The molecular weight excluding hydrogens is 387 g/mol. The van der Waals surface area contributed by atoms with E-state index in [9.17, 15) is 22.8 Å². The number of para-hydroxylation sites is 1. The van der Waals surface area contributed by atoms with E-state index >= 15 is 0 Å². The van der Waals surface area contributed by atoms with E-state index in [1.54, 1.807) is 31.2 Å². The molecule has 0 saturated carbocycles.